The van der Waals surface area contributed by atoms with Crippen molar-refractivity contribution in [2.24, 2.45) is 0 Å². The summed E-state index contributed by atoms with van der Waals surface area (Å²) in [4.78, 5) is 26.7. The second kappa shape index (κ2) is 6.98. The zero-order valence-corrected chi connectivity index (χ0v) is 14.5. The monoisotopic (exact) mass is 365 g/mol. The standard InChI is InChI=1S/C21H19NO5/c23-17-8-9-22(12-18(17)24)20(25)15-6-3-5-13(10-15)16-11-14-4-1-2-7-19(14)27-21(16)26/h1-7,10-11,17-18,23-24H,8-9,12H2/t17-,18+/m0/s1. The first-order valence-electron chi connectivity index (χ1n) is 8.81. The summed E-state index contributed by atoms with van der Waals surface area (Å²) in [6, 6.07) is 15.8. The molecule has 1 amide bonds. The average molecular weight is 365 g/mol. The number of likely N-dealkylation sites (tertiary alicyclic amines) is 1. The maximum Gasteiger partial charge on any atom is 0.344 e. The fraction of sp³-hybridized carbons (Fsp3) is 0.238. The van der Waals surface area contributed by atoms with Gasteiger partial charge in [-0.2, -0.15) is 0 Å². The van der Waals surface area contributed by atoms with Gasteiger partial charge >= 0.3 is 5.63 Å². The summed E-state index contributed by atoms with van der Waals surface area (Å²) in [6.45, 7) is 0.460. The Morgan fingerprint density at radius 1 is 1.04 bits per heavy atom. The highest BCUT2D eigenvalue weighted by atomic mass is 16.4. The van der Waals surface area contributed by atoms with Crippen molar-refractivity contribution in [2.75, 3.05) is 13.1 Å². The number of piperidine rings is 1. The molecule has 3 aromatic rings. The minimum atomic E-state index is -0.946. The molecule has 2 N–H and O–H groups in total. The Morgan fingerprint density at radius 3 is 2.67 bits per heavy atom. The summed E-state index contributed by atoms with van der Waals surface area (Å²) in [5.74, 6) is -0.243. The van der Waals surface area contributed by atoms with E-state index in [4.69, 9.17) is 4.42 Å². The molecule has 4 rings (SSSR count). The van der Waals surface area contributed by atoms with E-state index in [1.165, 1.54) is 4.90 Å². The van der Waals surface area contributed by atoms with Gasteiger partial charge in [-0.15, -0.1) is 0 Å². The quantitative estimate of drug-likeness (QED) is 0.678. The van der Waals surface area contributed by atoms with E-state index in [9.17, 15) is 19.8 Å². The summed E-state index contributed by atoms with van der Waals surface area (Å²) in [5.41, 5.74) is 1.45. The van der Waals surface area contributed by atoms with E-state index in [2.05, 4.69) is 0 Å². The van der Waals surface area contributed by atoms with Crippen LogP contribution in [0.3, 0.4) is 0 Å². The third-order valence-electron chi connectivity index (χ3n) is 4.90. The van der Waals surface area contributed by atoms with Crippen LogP contribution in [0.1, 0.15) is 16.8 Å². The van der Waals surface area contributed by atoms with E-state index in [0.717, 1.165) is 5.39 Å². The maximum atomic E-state index is 12.8. The van der Waals surface area contributed by atoms with Gasteiger partial charge in [0.25, 0.3) is 5.91 Å². The maximum absolute atomic E-state index is 12.8. The molecule has 27 heavy (non-hydrogen) atoms. The van der Waals surface area contributed by atoms with Crippen molar-refractivity contribution in [1.82, 2.24) is 4.90 Å². The Hall–Kier alpha value is -2.96. The van der Waals surface area contributed by atoms with Crippen LogP contribution in [0.4, 0.5) is 0 Å². The Labute approximate surface area is 155 Å². The van der Waals surface area contributed by atoms with Crippen LogP contribution < -0.4 is 5.63 Å². The topological polar surface area (TPSA) is 91.0 Å². The van der Waals surface area contributed by atoms with Gasteiger partial charge in [0.15, 0.2) is 0 Å². The molecular formula is C21H19NO5. The average Bonchev–Trinajstić information content (AvgIpc) is 2.69. The highest BCUT2D eigenvalue weighted by molar-refractivity contribution is 5.95. The fourth-order valence-electron chi connectivity index (χ4n) is 3.37. The number of hydrogen-bond acceptors (Lipinski definition) is 5. The van der Waals surface area contributed by atoms with Crippen molar-refractivity contribution in [3.63, 3.8) is 0 Å². The highest BCUT2D eigenvalue weighted by Gasteiger charge is 2.29. The van der Waals surface area contributed by atoms with Gasteiger partial charge in [0.05, 0.1) is 17.8 Å². The molecule has 6 nitrogen and oxygen atoms in total. The molecule has 0 spiro atoms. The Morgan fingerprint density at radius 2 is 1.85 bits per heavy atom. The van der Waals surface area contributed by atoms with Crippen molar-refractivity contribution < 1.29 is 19.4 Å². The number of aliphatic hydroxyl groups excluding tert-OH is 2. The number of hydrogen-bond donors (Lipinski definition) is 2. The normalized spacial score (nSPS) is 20.0. The first kappa shape index (κ1) is 17.5. The van der Waals surface area contributed by atoms with Crippen LogP contribution >= 0.6 is 0 Å². The molecule has 0 bridgehead atoms. The highest BCUT2D eigenvalue weighted by Crippen LogP contribution is 2.23. The molecule has 0 unspecified atom stereocenters. The van der Waals surface area contributed by atoms with Gasteiger partial charge in [-0.1, -0.05) is 30.3 Å². The number of aliphatic hydroxyl groups is 2. The predicted molar refractivity (Wildman–Crippen MR) is 100 cm³/mol. The van der Waals surface area contributed by atoms with Crippen LogP contribution in [-0.4, -0.2) is 46.3 Å². The minimum Gasteiger partial charge on any atom is -0.422 e. The number of benzene rings is 2. The summed E-state index contributed by atoms with van der Waals surface area (Å²) in [7, 11) is 0. The summed E-state index contributed by atoms with van der Waals surface area (Å²) < 4.78 is 5.38. The van der Waals surface area contributed by atoms with E-state index in [0.29, 0.717) is 35.2 Å². The van der Waals surface area contributed by atoms with Crippen molar-refractivity contribution in [3.8, 4) is 11.1 Å². The lowest BCUT2D eigenvalue weighted by atomic mass is 10.0. The van der Waals surface area contributed by atoms with E-state index in [1.54, 1.807) is 42.5 Å². The minimum absolute atomic E-state index is 0.0857. The zero-order chi connectivity index (χ0) is 19.0. The van der Waals surface area contributed by atoms with E-state index < -0.39 is 17.8 Å². The smallest absolute Gasteiger partial charge is 0.344 e. The first-order valence-corrected chi connectivity index (χ1v) is 8.81. The molecule has 1 aliphatic heterocycles. The van der Waals surface area contributed by atoms with Gasteiger partial charge in [-0.05, 0) is 36.2 Å². The largest absolute Gasteiger partial charge is 0.422 e. The Kier molecular flexibility index (Phi) is 4.51. The molecule has 0 saturated carbocycles. The van der Waals surface area contributed by atoms with Crippen LogP contribution in [-0.2, 0) is 0 Å². The lowest BCUT2D eigenvalue weighted by molar-refractivity contribution is -0.0321. The second-order valence-electron chi connectivity index (χ2n) is 6.74. The number of β-amino-alcohol motifs (C(OH)–C–C–N with tert-alkyl or cyclic N) is 1. The van der Waals surface area contributed by atoms with Gasteiger partial charge in [0.2, 0.25) is 0 Å². The number of nitrogens with zero attached hydrogens (tertiary/aromatic N) is 1. The fourth-order valence-corrected chi connectivity index (χ4v) is 3.37. The van der Waals surface area contributed by atoms with Crippen LogP contribution in [0.5, 0.6) is 0 Å². The lowest BCUT2D eigenvalue weighted by Gasteiger charge is -2.33. The number of carbonyl (C=O) groups excluding carboxylic acids is 1. The lowest BCUT2D eigenvalue weighted by Crippen LogP contribution is -2.48. The van der Waals surface area contributed by atoms with E-state index in [-0.39, 0.29) is 12.5 Å². The Bertz CT molecular complexity index is 1060. The number of carbonyl (C=O) groups is 1. The molecule has 6 heteroatoms. The molecule has 138 valence electrons. The van der Waals surface area contributed by atoms with E-state index >= 15 is 0 Å². The van der Waals surface area contributed by atoms with Crippen LogP contribution in [0.15, 0.2) is 63.8 Å². The molecule has 1 saturated heterocycles. The van der Waals surface area contributed by atoms with Crippen LogP contribution in [0.25, 0.3) is 22.1 Å². The van der Waals surface area contributed by atoms with Gasteiger partial charge in [-0.3, -0.25) is 4.79 Å². The molecular weight excluding hydrogens is 346 g/mol. The third kappa shape index (κ3) is 3.37. The number of amides is 1. The van der Waals surface area contributed by atoms with Gasteiger partial charge < -0.3 is 19.5 Å². The predicted octanol–water partition coefficient (Wildman–Crippen LogP) is 2.03. The number of rotatable bonds is 2. The molecule has 1 aliphatic rings. The van der Waals surface area contributed by atoms with Crippen LogP contribution in [0.2, 0.25) is 0 Å². The van der Waals surface area contributed by atoms with Crippen molar-refractivity contribution in [1.29, 1.82) is 0 Å². The molecule has 1 fully saturated rings. The summed E-state index contributed by atoms with van der Waals surface area (Å²) >= 11 is 0. The second-order valence-corrected chi connectivity index (χ2v) is 6.74. The van der Waals surface area contributed by atoms with Gasteiger partial charge in [-0.25, -0.2) is 4.79 Å². The van der Waals surface area contributed by atoms with E-state index in [1.807, 2.05) is 12.1 Å². The molecule has 2 atom stereocenters. The summed E-state index contributed by atoms with van der Waals surface area (Å²) in [6.07, 6.45) is -1.41. The zero-order valence-electron chi connectivity index (χ0n) is 14.5. The SMILES string of the molecule is O=C(c1cccc(-c2cc3ccccc3oc2=O)c1)N1CC[C@H](O)[C@H](O)C1. The van der Waals surface area contributed by atoms with Crippen LogP contribution in [0, 0.1) is 0 Å². The Balaban J connectivity index is 1.68. The van der Waals surface area contributed by atoms with Crippen molar-refractivity contribution in [3.05, 3.63) is 70.6 Å². The summed E-state index contributed by atoms with van der Waals surface area (Å²) in [5, 5.41) is 20.2. The molecule has 2 heterocycles. The number of para-hydroxylation sites is 1. The van der Waals surface area contributed by atoms with Gasteiger partial charge in [0, 0.05) is 24.0 Å². The van der Waals surface area contributed by atoms with Gasteiger partial charge in [0.1, 0.15) is 5.58 Å². The molecule has 0 radical (unpaired) electrons. The molecule has 2 aromatic carbocycles. The number of fused-ring (bicyclic) bond motifs is 1. The third-order valence-corrected chi connectivity index (χ3v) is 4.90. The first-order chi connectivity index (χ1) is 13.0. The van der Waals surface area contributed by atoms with Crippen molar-refractivity contribution >= 4 is 16.9 Å². The molecule has 1 aromatic heterocycles. The molecule has 0 aliphatic carbocycles. The van der Waals surface area contributed by atoms with Crippen molar-refractivity contribution in [2.45, 2.75) is 18.6 Å².